The summed E-state index contributed by atoms with van der Waals surface area (Å²) in [6, 6.07) is 0. The fourth-order valence-corrected chi connectivity index (χ4v) is 1.29. The van der Waals surface area contributed by atoms with Crippen LogP contribution in [0.25, 0.3) is 0 Å². The lowest BCUT2D eigenvalue weighted by Gasteiger charge is -2.26. The van der Waals surface area contributed by atoms with Crippen molar-refractivity contribution in [1.29, 1.82) is 0 Å². The van der Waals surface area contributed by atoms with E-state index in [2.05, 4.69) is 33.0 Å². The number of rotatable bonds is 6. The monoisotopic (exact) mass is 199 g/mol. The molecule has 1 N–H and O–H groups in total. The van der Waals surface area contributed by atoms with Crippen LogP contribution in [0, 0.1) is 11.3 Å². The van der Waals surface area contributed by atoms with E-state index in [0.29, 0.717) is 0 Å². The Morgan fingerprint density at radius 1 is 1.43 bits per heavy atom. The molecule has 0 spiro atoms. The molecule has 2 heteroatoms. The Kier molecular flexibility index (Phi) is 5.82. The van der Waals surface area contributed by atoms with Crippen molar-refractivity contribution in [2.24, 2.45) is 11.3 Å². The molecule has 0 heterocycles. The summed E-state index contributed by atoms with van der Waals surface area (Å²) in [5.41, 5.74) is 0.231. The molecular formula is C12H25NO. The van der Waals surface area contributed by atoms with Crippen LogP contribution in [0.2, 0.25) is 0 Å². The van der Waals surface area contributed by atoms with Gasteiger partial charge in [-0.25, -0.2) is 0 Å². The SMILES string of the molecule is CCC(C)CCC(C)(C)CNC(C)=O. The maximum Gasteiger partial charge on any atom is 0.216 e. The molecule has 1 amide bonds. The summed E-state index contributed by atoms with van der Waals surface area (Å²) in [6.07, 6.45) is 3.68. The van der Waals surface area contributed by atoms with Crippen LogP contribution in [0.4, 0.5) is 0 Å². The normalized spacial score (nSPS) is 13.8. The second-order valence-corrected chi connectivity index (χ2v) is 5.13. The first-order chi connectivity index (χ1) is 6.37. The number of carbonyl (C=O) groups excluding carboxylic acids is 1. The first kappa shape index (κ1) is 13.5. The van der Waals surface area contributed by atoms with E-state index < -0.39 is 0 Å². The van der Waals surface area contributed by atoms with Gasteiger partial charge < -0.3 is 5.32 Å². The topological polar surface area (TPSA) is 29.1 Å². The Morgan fingerprint density at radius 3 is 2.43 bits per heavy atom. The number of nitrogens with one attached hydrogen (secondary N) is 1. The van der Waals surface area contributed by atoms with Crippen LogP contribution in [-0.2, 0) is 4.79 Å². The minimum absolute atomic E-state index is 0.0709. The van der Waals surface area contributed by atoms with Gasteiger partial charge in [-0.3, -0.25) is 4.79 Å². The van der Waals surface area contributed by atoms with E-state index in [9.17, 15) is 4.79 Å². The number of hydrogen-bond donors (Lipinski definition) is 1. The first-order valence-corrected chi connectivity index (χ1v) is 5.62. The molecule has 0 saturated carbocycles. The van der Waals surface area contributed by atoms with Gasteiger partial charge in [-0.15, -0.1) is 0 Å². The van der Waals surface area contributed by atoms with Gasteiger partial charge in [0.05, 0.1) is 0 Å². The van der Waals surface area contributed by atoms with Crippen molar-refractivity contribution in [3.05, 3.63) is 0 Å². The molecule has 0 aliphatic heterocycles. The summed E-state index contributed by atoms with van der Waals surface area (Å²) in [5.74, 6) is 0.869. The lowest BCUT2D eigenvalue weighted by Crippen LogP contribution is -2.32. The molecule has 0 fully saturated rings. The van der Waals surface area contributed by atoms with E-state index in [1.54, 1.807) is 6.92 Å². The Balaban J connectivity index is 3.76. The Bertz CT molecular complexity index is 175. The van der Waals surface area contributed by atoms with Crippen LogP contribution in [0.3, 0.4) is 0 Å². The van der Waals surface area contributed by atoms with Gasteiger partial charge in [0, 0.05) is 13.5 Å². The third kappa shape index (κ3) is 6.93. The molecule has 1 unspecified atom stereocenters. The van der Waals surface area contributed by atoms with Crippen molar-refractivity contribution in [3.8, 4) is 0 Å². The van der Waals surface area contributed by atoms with Crippen molar-refractivity contribution in [2.45, 2.75) is 53.9 Å². The van der Waals surface area contributed by atoms with Gasteiger partial charge in [0.15, 0.2) is 0 Å². The maximum absolute atomic E-state index is 10.8. The summed E-state index contributed by atoms with van der Waals surface area (Å²) >= 11 is 0. The predicted molar refractivity (Wildman–Crippen MR) is 61.2 cm³/mol. The van der Waals surface area contributed by atoms with E-state index in [4.69, 9.17) is 0 Å². The summed E-state index contributed by atoms with van der Waals surface area (Å²) in [7, 11) is 0. The van der Waals surface area contributed by atoms with Crippen LogP contribution < -0.4 is 5.32 Å². The second kappa shape index (κ2) is 6.05. The molecule has 0 radical (unpaired) electrons. The largest absolute Gasteiger partial charge is 0.356 e. The number of hydrogen-bond acceptors (Lipinski definition) is 1. The standard InChI is InChI=1S/C12H25NO/c1-6-10(2)7-8-12(4,5)9-13-11(3)14/h10H,6-9H2,1-5H3,(H,13,14). The summed E-state index contributed by atoms with van der Waals surface area (Å²) in [5, 5.41) is 2.89. The highest BCUT2D eigenvalue weighted by molar-refractivity contribution is 5.72. The van der Waals surface area contributed by atoms with E-state index in [-0.39, 0.29) is 11.3 Å². The highest BCUT2D eigenvalue weighted by Crippen LogP contribution is 2.24. The van der Waals surface area contributed by atoms with Gasteiger partial charge in [0.2, 0.25) is 5.91 Å². The van der Waals surface area contributed by atoms with E-state index in [0.717, 1.165) is 12.5 Å². The fraction of sp³-hybridized carbons (Fsp3) is 0.917. The van der Waals surface area contributed by atoms with Gasteiger partial charge in [0.25, 0.3) is 0 Å². The van der Waals surface area contributed by atoms with E-state index in [1.807, 2.05) is 0 Å². The zero-order valence-electron chi connectivity index (χ0n) is 10.3. The Morgan fingerprint density at radius 2 is 2.00 bits per heavy atom. The molecule has 1 atom stereocenters. The smallest absolute Gasteiger partial charge is 0.216 e. The van der Waals surface area contributed by atoms with Gasteiger partial charge in [-0.1, -0.05) is 40.5 Å². The van der Waals surface area contributed by atoms with Gasteiger partial charge in [-0.05, 0) is 17.8 Å². The third-order valence-corrected chi connectivity index (χ3v) is 2.83. The molecule has 0 saturated heterocycles. The Hall–Kier alpha value is -0.530. The molecule has 0 aliphatic rings. The quantitative estimate of drug-likeness (QED) is 0.700. The van der Waals surface area contributed by atoms with Crippen LogP contribution in [0.15, 0.2) is 0 Å². The Labute approximate surface area is 88.5 Å². The molecule has 84 valence electrons. The van der Waals surface area contributed by atoms with Crippen LogP contribution >= 0.6 is 0 Å². The van der Waals surface area contributed by atoms with Crippen molar-refractivity contribution in [1.82, 2.24) is 5.32 Å². The van der Waals surface area contributed by atoms with Crippen LogP contribution in [0.5, 0.6) is 0 Å². The zero-order valence-corrected chi connectivity index (χ0v) is 10.3. The average Bonchev–Trinajstić information content (AvgIpc) is 2.11. The van der Waals surface area contributed by atoms with Crippen molar-refractivity contribution in [2.75, 3.05) is 6.54 Å². The predicted octanol–water partition coefficient (Wildman–Crippen LogP) is 2.98. The highest BCUT2D eigenvalue weighted by Gasteiger charge is 2.18. The molecular weight excluding hydrogens is 174 g/mol. The molecule has 0 aromatic heterocycles. The minimum atomic E-state index is 0.0709. The number of carbonyl (C=O) groups is 1. The third-order valence-electron chi connectivity index (χ3n) is 2.83. The molecule has 2 nitrogen and oxygen atoms in total. The summed E-state index contributed by atoms with van der Waals surface area (Å²) < 4.78 is 0. The molecule has 0 aliphatic carbocycles. The number of amides is 1. The highest BCUT2D eigenvalue weighted by atomic mass is 16.1. The fourth-order valence-electron chi connectivity index (χ4n) is 1.29. The molecule has 14 heavy (non-hydrogen) atoms. The summed E-state index contributed by atoms with van der Waals surface area (Å²) in [6.45, 7) is 11.3. The molecule has 0 aromatic rings. The second-order valence-electron chi connectivity index (χ2n) is 5.13. The van der Waals surface area contributed by atoms with Gasteiger partial charge >= 0.3 is 0 Å². The van der Waals surface area contributed by atoms with Crippen molar-refractivity contribution >= 4 is 5.91 Å². The van der Waals surface area contributed by atoms with Gasteiger partial charge in [-0.2, -0.15) is 0 Å². The first-order valence-electron chi connectivity index (χ1n) is 5.62. The molecule has 0 rings (SSSR count). The lowest BCUT2D eigenvalue weighted by molar-refractivity contribution is -0.119. The van der Waals surface area contributed by atoms with E-state index >= 15 is 0 Å². The zero-order chi connectivity index (χ0) is 11.2. The minimum Gasteiger partial charge on any atom is -0.356 e. The maximum atomic E-state index is 10.8. The average molecular weight is 199 g/mol. The van der Waals surface area contributed by atoms with E-state index in [1.165, 1.54) is 19.3 Å². The van der Waals surface area contributed by atoms with Crippen molar-refractivity contribution in [3.63, 3.8) is 0 Å². The van der Waals surface area contributed by atoms with Crippen molar-refractivity contribution < 1.29 is 4.79 Å². The van der Waals surface area contributed by atoms with Gasteiger partial charge in [0.1, 0.15) is 0 Å². The molecule has 0 bridgehead atoms. The molecule has 0 aromatic carbocycles. The van der Waals surface area contributed by atoms with Crippen LogP contribution in [-0.4, -0.2) is 12.5 Å². The lowest BCUT2D eigenvalue weighted by atomic mass is 9.84. The van der Waals surface area contributed by atoms with Crippen LogP contribution in [0.1, 0.15) is 53.9 Å². The summed E-state index contributed by atoms with van der Waals surface area (Å²) in [4.78, 5) is 10.8.